The first kappa shape index (κ1) is 35.5. The first-order valence-corrected chi connectivity index (χ1v) is 20.3. The van der Waals surface area contributed by atoms with Crippen molar-refractivity contribution in [1.29, 1.82) is 0 Å². The van der Waals surface area contributed by atoms with E-state index in [4.69, 9.17) is 4.74 Å². The Morgan fingerprint density at radius 3 is 1.55 bits per heavy atom. The summed E-state index contributed by atoms with van der Waals surface area (Å²) in [5.74, 6) is -0.391. The summed E-state index contributed by atoms with van der Waals surface area (Å²) in [5.41, 5.74) is 6.04. The SMILES string of the molecule is CCO[C@H]1C[C@@H](c2ccc(CC)cc2)N(S(=O)(=O)c2ccc(C)cc2)C2CC(c3ccc(CC)cc3)N(S(=O)(=O)c3ccc(C)cc3)CC21. The van der Waals surface area contributed by atoms with Crippen LogP contribution in [0.1, 0.15) is 79.1 Å². The topological polar surface area (TPSA) is 84.0 Å². The maximum absolute atomic E-state index is 14.9. The monoisotopic (exact) mass is 700 g/mol. The van der Waals surface area contributed by atoms with Crippen molar-refractivity contribution in [2.45, 2.75) is 94.3 Å². The fourth-order valence-electron chi connectivity index (χ4n) is 7.60. The van der Waals surface area contributed by atoms with Gasteiger partial charge in [0.15, 0.2) is 0 Å². The van der Waals surface area contributed by atoms with Gasteiger partial charge in [0.2, 0.25) is 20.0 Å². The second-order valence-corrected chi connectivity index (χ2v) is 17.2. The Labute approximate surface area is 293 Å². The minimum absolute atomic E-state index is 0.132. The zero-order chi connectivity index (χ0) is 34.9. The van der Waals surface area contributed by atoms with Crippen LogP contribution in [0.15, 0.2) is 107 Å². The van der Waals surface area contributed by atoms with Crippen LogP contribution in [0.25, 0.3) is 0 Å². The van der Waals surface area contributed by atoms with Gasteiger partial charge in [0.25, 0.3) is 0 Å². The molecule has 7 nitrogen and oxygen atoms in total. The Bertz CT molecular complexity index is 1940. The number of rotatable bonds is 10. The lowest BCUT2D eigenvalue weighted by Crippen LogP contribution is -2.62. The Morgan fingerprint density at radius 1 is 0.612 bits per heavy atom. The van der Waals surface area contributed by atoms with Crippen LogP contribution in [0.2, 0.25) is 0 Å². The molecule has 0 aliphatic carbocycles. The van der Waals surface area contributed by atoms with E-state index in [1.165, 1.54) is 5.56 Å². The van der Waals surface area contributed by atoms with E-state index in [1.807, 2.05) is 81.4 Å². The van der Waals surface area contributed by atoms with Gasteiger partial charge in [0.1, 0.15) is 0 Å². The van der Waals surface area contributed by atoms with E-state index in [-0.39, 0.29) is 22.4 Å². The third-order valence-electron chi connectivity index (χ3n) is 10.4. The summed E-state index contributed by atoms with van der Waals surface area (Å²) in [5, 5.41) is 0. The number of nitrogens with zero attached hydrogens (tertiary/aromatic N) is 2. The third kappa shape index (κ3) is 7.01. The molecule has 3 unspecified atom stereocenters. The van der Waals surface area contributed by atoms with Gasteiger partial charge in [-0.15, -0.1) is 0 Å². The van der Waals surface area contributed by atoms with Gasteiger partial charge in [0.05, 0.1) is 28.0 Å². The number of sulfonamides is 2. The van der Waals surface area contributed by atoms with Crippen molar-refractivity contribution in [3.63, 3.8) is 0 Å². The molecule has 0 amide bonds. The van der Waals surface area contributed by atoms with E-state index in [1.54, 1.807) is 32.9 Å². The Balaban J connectivity index is 1.53. The number of benzene rings is 4. The van der Waals surface area contributed by atoms with Crippen molar-refractivity contribution in [3.05, 3.63) is 130 Å². The van der Waals surface area contributed by atoms with Gasteiger partial charge in [-0.3, -0.25) is 0 Å². The lowest BCUT2D eigenvalue weighted by Gasteiger charge is -2.54. The molecule has 9 heteroatoms. The predicted octanol–water partition coefficient (Wildman–Crippen LogP) is 7.79. The second-order valence-electron chi connectivity index (χ2n) is 13.5. The Kier molecular flexibility index (Phi) is 10.5. The van der Waals surface area contributed by atoms with E-state index < -0.39 is 44.1 Å². The van der Waals surface area contributed by atoms with E-state index in [2.05, 4.69) is 26.0 Å². The first-order chi connectivity index (χ1) is 23.5. The smallest absolute Gasteiger partial charge is 0.243 e. The molecule has 2 aliphatic heterocycles. The van der Waals surface area contributed by atoms with E-state index in [0.29, 0.717) is 19.4 Å². The van der Waals surface area contributed by atoms with Crippen molar-refractivity contribution in [2.24, 2.45) is 5.92 Å². The molecule has 2 heterocycles. The highest BCUT2D eigenvalue weighted by molar-refractivity contribution is 7.89. The molecule has 0 bridgehead atoms. The normalized spacial score (nSPS) is 23.7. The molecule has 5 atom stereocenters. The third-order valence-corrected chi connectivity index (χ3v) is 14.3. The average molecular weight is 701 g/mol. The Hall–Kier alpha value is -3.34. The molecule has 0 aromatic heterocycles. The molecular weight excluding hydrogens is 653 g/mol. The van der Waals surface area contributed by atoms with Crippen LogP contribution in [0.4, 0.5) is 0 Å². The molecular formula is C40H48N2O5S2. The zero-order valence-electron chi connectivity index (χ0n) is 29.1. The van der Waals surface area contributed by atoms with Crippen LogP contribution in [0, 0.1) is 19.8 Å². The highest BCUT2D eigenvalue weighted by atomic mass is 32.2. The van der Waals surface area contributed by atoms with Gasteiger partial charge >= 0.3 is 0 Å². The second kappa shape index (κ2) is 14.5. The van der Waals surface area contributed by atoms with E-state index in [0.717, 1.165) is 40.7 Å². The molecule has 0 saturated carbocycles. The van der Waals surface area contributed by atoms with Gasteiger partial charge in [-0.1, -0.05) is 97.8 Å². The van der Waals surface area contributed by atoms with Gasteiger partial charge in [-0.25, -0.2) is 16.8 Å². The summed E-state index contributed by atoms with van der Waals surface area (Å²) in [7, 11) is -7.97. The summed E-state index contributed by atoms with van der Waals surface area (Å²) in [4.78, 5) is 0.467. The summed E-state index contributed by atoms with van der Waals surface area (Å²) in [6.45, 7) is 10.6. The summed E-state index contributed by atoms with van der Waals surface area (Å²) in [6.07, 6.45) is 2.10. The zero-order valence-corrected chi connectivity index (χ0v) is 30.8. The molecule has 2 aliphatic rings. The Morgan fingerprint density at radius 2 is 1.08 bits per heavy atom. The molecule has 6 rings (SSSR count). The largest absolute Gasteiger partial charge is 0.378 e. The maximum Gasteiger partial charge on any atom is 0.243 e. The summed E-state index contributed by atoms with van der Waals surface area (Å²) >= 11 is 0. The van der Waals surface area contributed by atoms with Gasteiger partial charge in [0, 0.05) is 25.1 Å². The number of ether oxygens (including phenoxy) is 1. The van der Waals surface area contributed by atoms with E-state index >= 15 is 0 Å². The number of fused-ring (bicyclic) bond motifs is 1. The molecule has 0 spiro atoms. The van der Waals surface area contributed by atoms with Crippen LogP contribution in [-0.2, 0) is 37.6 Å². The van der Waals surface area contributed by atoms with Crippen LogP contribution in [-0.4, -0.2) is 50.7 Å². The van der Waals surface area contributed by atoms with Gasteiger partial charge < -0.3 is 4.74 Å². The molecule has 0 radical (unpaired) electrons. The highest BCUT2D eigenvalue weighted by Crippen LogP contribution is 2.50. The number of hydrogen-bond acceptors (Lipinski definition) is 5. The van der Waals surface area contributed by atoms with Crippen LogP contribution in [0.5, 0.6) is 0 Å². The standard InChI is InChI=1S/C40H48N2O5S2/c1-6-30-13-17-32(18-14-30)37-25-39-36(27-41(37)48(43,44)34-21-9-28(4)10-22-34)40(47-8-3)26-38(33-19-15-31(7-2)16-20-33)42(39)49(45,46)35-23-11-29(5)12-24-35/h9-24,36-40H,6-8,25-27H2,1-5H3/t36?,37?,38-,39?,40-/m0/s1. The molecule has 260 valence electrons. The minimum atomic E-state index is -4.02. The lowest BCUT2D eigenvalue weighted by molar-refractivity contribution is -0.0823. The minimum Gasteiger partial charge on any atom is -0.378 e. The maximum atomic E-state index is 14.9. The fourth-order valence-corrected chi connectivity index (χ4v) is 11.1. The van der Waals surface area contributed by atoms with Crippen LogP contribution in [0.3, 0.4) is 0 Å². The summed E-state index contributed by atoms with van der Waals surface area (Å²) in [6, 6.07) is 28.7. The average Bonchev–Trinajstić information content (AvgIpc) is 3.11. The summed E-state index contributed by atoms with van der Waals surface area (Å²) < 4.78 is 68.8. The highest BCUT2D eigenvalue weighted by Gasteiger charge is 2.55. The molecule has 4 aromatic rings. The van der Waals surface area contributed by atoms with Crippen molar-refractivity contribution in [2.75, 3.05) is 13.2 Å². The van der Waals surface area contributed by atoms with Crippen molar-refractivity contribution >= 4 is 20.0 Å². The molecule has 0 N–H and O–H groups in total. The fraction of sp³-hybridized carbons (Fsp3) is 0.400. The number of hydrogen-bond donors (Lipinski definition) is 0. The number of piperidine rings is 2. The van der Waals surface area contributed by atoms with Gasteiger partial charge in [-0.05, 0) is 93.0 Å². The van der Waals surface area contributed by atoms with Crippen molar-refractivity contribution in [1.82, 2.24) is 8.61 Å². The van der Waals surface area contributed by atoms with E-state index in [9.17, 15) is 16.8 Å². The van der Waals surface area contributed by atoms with Gasteiger partial charge in [-0.2, -0.15) is 8.61 Å². The molecule has 4 aromatic carbocycles. The molecule has 2 fully saturated rings. The number of aryl methyl sites for hydroxylation is 4. The van der Waals surface area contributed by atoms with Crippen molar-refractivity contribution in [3.8, 4) is 0 Å². The predicted molar refractivity (Wildman–Crippen MR) is 194 cm³/mol. The van der Waals surface area contributed by atoms with Crippen LogP contribution < -0.4 is 0 Å². The quantitative estimate of drug-likeness (QED) is 0.169. The lowest BCUT2D eigenvalue weighted by atomic mass is 9.76. The van der Waals surface area contributed by atoms with Crippen molar-refractivity contribution < 1.29 is 21.6 Å². The molecule has 2 saturated heterocycles. The molecule has 49 heavy (non-hydrogen) atoms. The first-order valence-electron chi connectivity index (χ1n) is 17.5. The van der Waals surface area contributed by atoms with Crippen LogP contribution >= 0.6 is 0 Å².